The summed E-state index contributed by atoms with van der Waals surface area (Å²) in [5, 5.41) is 7.64. The molecule has 7 nitrogen and oxygen atoms in total. The van der Waals surface area contributed by atoms with Crippen LogP contribution in [0, 0.1) is 0 Å². The summed E-state index contributed by atoms with van der Waals surface area (Å²) in [6.07, 6.45) is 2.62. The number of nitrogens with one attached hydrogen (secondary N) is 1. The largest absolute Gasteiger partial charge is 0.495 e. The maximum absolute atomic E-state index is 12.7. The van der Waals surface area contributed by atoms with Gasteiger partial charge in [-0.05, 0) is 43.5 Å². The van der Waals surface area contributed by atoms with Gasteiger partial charge in [-0.15, -0.1) is 0 Å². The Kier molecular flexibility index (Phi) is 4.63. The minimum absolute atomic E-state index is 0.0869. The lowest BCUT2D eigenvalue weighted by Gasteiger charge is -2.12. The summed E-state index contributed by atoms with van der Waals surface area (Å²) in [5.41, 5.74) is 1.78. The normalized spacial score (nSPS) is 21.2. The minimum atomic E-state index is -3.02. The van der Waals surface area contributed by atoms with E-state index >= 15 is 0 Å². The molecule has 144 valence electrons. The van der Waals surface area contributed by atoms with E-state index in [9.17, 15) is 13.2 Å². The first-order chi connectivity index (χ1) is 12.9. The van der Waals surface area contributed by atoms with Gasteiger partial charge in [0.25, 0.3) is 5.91 Å². The number of sulfone groups is 1. The number of halogens is 1. The van der Waals surface area contributed by atoms with E-state index in [1.165, 1.54) is 7.11 Å². The van der Waals surface area contributed by atoms with Crippen molar-refractivity contribution in [3.8, 4) is 5.75 Å². The zero-order chi connectivity index (χ0) is 19.2. The molecule has 1 atom stereocenters. The molecule has 9 heteroatoms. The molecule has 1 N–H and O–H groups in total. The smallest absolute Gasteiger partial charge is 0.276 e. The molecule has 2 fully saturated rings. The number of anilines is 1. The molecule has 1 aromatic heterocycles. The van der Waals surface area contributed by atoms with E-state index in [0.29, 0.717) is 28.8 Å². The SMILES string of the molecule is COc1ccc(NC(=O)c2cc(C3CC3)n([C@@H]3CCS(=O)(=O)C3)n2)cc1Cl. The fourth-order valence-electron chi connectivity index (χ4n) is 3.40. The third-order valence-electron chi connectivity index (χ3n) is 4.96. The quantitative estimate of drug-likeness (QED) is 0.819. The number of methoxy groups -OCH3 is 1. The van der Waals surface area contributed by atoms with Gasteiger partial charge in [-0.2, -0.15) is 5.10 Å². The molecular formula is C18H20ClN3O4S. The molecule has 0 bridgehead atoms. The van der Waals surface area contributed by atoms with Crippen LogP contribution in [0.25, 0.3) is 0 Å². The second kappa shape index (κ2) is 6.83. The highest BCUT2D eigenvalue weighted by molar-refractivity contribution is 7.91. The van der Waals surface area contributed by atoms with Crippen molar-refractivity contribution in [3.05, 3.63) is 40.7 Å². The number of nitrogens with zero attached hydrogens (tertiary/aromatic N) is 2. The number of carbonyl (C=O) groups excluding carboxylic acids is 1. The van der Waals surface area contributed by atoms with Crippen molar-refractivity contribution in [1.82, 2.24) is 9.78 Å². The monoisotopic (exact) mass is 409 g/mol. The molecular weight excluding hydrogens is 390 g/mol. The number of hydrogen-bond donors (Lipinski definition) is 1. The molecule has 0 spiro atoms. The Labute approximate surface area is 162 Å². The Morgan fingerprint density at radius 1 is 1.30 bits per heavy atom. The number of hydrogen-bond acceptors (Lipinski definition) is 5. The standard InChI is InChI=1S/C18H20ClN3O4S/c1-26-17-5-4-12(8-14(17)19)20-18(23)15-9-16(11-2-3-11)22(21-15)13-6-7-27(24,25)10-13/h4-5,8-9,11,13H,2-3,6-7,10H2,1H3,(H,20,23)/t13-/m1/s1. The molecule has 1 saturated carbocycles. The molecule has 1 aliphatic carbocycles. The Morgan fingerprint density at radius 3 is 2.67 bits per heavy atom. The topological polar surface area (TPSA) is 90.3 Å². The number of ether oxygens (including phenoxy) is 1. The first-order valence-electron chi connectivity index (χ1n) is 8.81. The molecule has 1 saturated heterocycles. The van der Waals surface area contributed by atoms with E-state index in [2.05, 4.69) is 10.4 Å². The van der Waals surface area contributed by atoms with Crippen molar-refractivity contribution >= 4 is 33.0 Å². The van der Waals surface area contributed by atoms with Crippen molar-refractivity contribution in [3.63, 3.8) is 0 Å². The molecule has 1 amide bonds. The minimum Gasteiger partial charge on any atom is -0.495 e. The Balaban J connectivity index is 1.57. The van der Waals surface area contributed by atoms with Gasteiger partial charge in [0.2, 0.25) is 0 Å². The average molecular weight is 410 g/mol. The van der Waals surface area contributed by atoms with Crippen LogP contribution in [0.3, 0.4) is 0 Å². The lowest BCUT2D eigenvalue weighted by molar-refractivity contribution is 0.102. The number of carbonyl (C=O) groups is 1. The summed E-state index contributed by atoms with van der Waals surface area (Å²) in [5.74, 6) is 0.796. The molecule has 2 aliphatic rings. The van der Waals surface area contributed by atoms with Crippen LogP contribution in [-0.4, -0.2) is 42.7 Å². The second-order valence-corrected chi connectivity index (χ2v) is 9.67. The second-order valence-electron chi connectivity index (χ2n) is 7.03. The van der Waals surface area contributed by atoms with E-state index in [1.807, 2.05) is 0 Å². The predicted octanol–water partition coefficient (Wildman–Crippen LogP) is 3.03. The number of rotatable bonds is 5. The maximum atomic E-state index is 12.7. The Bertz CT molecular complexity index is 998. The highest BCUT2D eigenvalue weighted by atomic mass is 35.5. The molecule has 0 radical (unpaired) electrons. The summed E-state index contributed by atoms with van der Waals surface area (Å²) >= 11 is 6.10. The highest BCUT2D eigenvalue weighted by Gasteiger charge is 2.36. The first-order valence-corrected chi connectivity index (χ1v) is 11.0. The van der Waals surface area contributed by atoms with Crippen molar-refractivity contribution < 1.29 is 17.9 Å². The van der Waals surface area contributed by atoms with Crippen LogP contribution < -0.4 is 10.1 Å². The fraction of sp³-hybridized carbons (Fsp3) is 0.444. The molecule has 2 heterocycles. The molecule has 27 heavy (non-hydrogen) atoms. The number of aromatic nitrogens is 2. The van der Waals surface area contributed by atoms with Crippen molar-refractivity contribution in [2.24, 2.45) is 0 Å². The van der Waals surface area contributed by atoms with Crippen molar-refractivity contribution in [1.29, 1.82) is 0 Å². The number of amides is 1. The molecule has 1 aliphatic heterocycles. The van der Waals surface area contributed by atoms with Crippen LogP contribution in [0.5, 0.6) is 5.75 Å². The summed E-state index contributed by atoms with van der Waals surface area (Å²) in [7, 11) is -1.50. The van der Waals surface area contributed by atoms with Gasteiger partial charge in [0, 0.05) is 17.3 Å². The van der Waals surface area contributed by atoms with Crippen LogP contribution in [0.2, 0.25) is 5.02 Å². The highest BCUT2D eigenvalue weighted by Crippen LogP contribution is 2.42. The van der Waals surface area contributed by atoms with Crippen LogP contribution >= 0.6 is 11.6 Å². The molecule has 0 unspecified atom stereocenters. The fourth-order valence-corrected chi connectivity index (χ4v) is 5.35. The number of benzene rings is 1. The van der Waals surface area contributed by atoms with Gasteiger partial charge in [-0.25, -0.2) is 8.42 Å². The van der Waals surface area contributed by atoms with E-state index in [1.54, 1.807) is 28.9 Å². The summed E-state index contributed by atoms with van der Waals surface area (Å²) in [6, 6.07) is 6.58. The van der Waals surface area contributed by atoms with E-state index < -0.39 is 9.84 Å². The van der Waals surface area contributed by atoms with E-state index in [0.717, 1.165) is 18.5 Å². The van der Waals surface area contributed by atoms with Crippen LogP contribution in [0.1, 0.15) is 47.4 Å². The van der Waals surface area contributed by atoms with E-state index in [4.69, 9.17) is 16.3 Å². The third-order valence-corrected chi connectivity index (χ3v) is 7.00. The van der Waals surface area contributed by atoms with E-state index in [-0.39, 0.29) is 29.1 Å². The van der Waals surface area contributed by atoms with Crippen LogP contribution in [-0.2, 0) is 9.84 Å². The van der Waals surface area contributed by atoms with Crippen molar-refractivity contribution in [2.45, 2.75) is 31.2 Å². The Hall–Kier alpha value is -2.06. The zero-order valence-corrected chi connectivity index (χ0v) is 16.4. The van der Waals surface area contributed by atoms with Gasteiger partial charge in [-0.3, -0.25) is 9.48 Å². The summed E-state index contributed by atoms with van der Waals surface area (Å²) < 4.78 is 30.5. The van der Waals surface area contributed by atoms with Gasteiger partial charge in [0.15, 0.2) is 15.5 Å². The van der Waals surface area contributed by atoms with Crippen molar-refractivity contribution in [2.75, 3.05) is 23.9 Å². The van der Waals surface area contributed by atoms with Gasteiger partial charge in [-0.1, -0.05) is 11.6 Å². The van der Waals surface area contributed by atoms with Gasteiger partial charge in [0.1, 0.15) is 5.75 Å². The third kappa shape index (κ3) is 3.82. The summed E-state index contributed by atoms with van der Waals surface area (Å²) in [6.45, 7) is 0. The lowest BCUT2D eigenvalue weighted by atomic mass is 10.2. The van der Waals surface area contributed by atoms with Gasteiger partial charge < -0.3 is 10.1 Å². The summed E-state index contributed by atoms with van der Waals surface area (Å²) in [4.78, 5) is 12.7. The van der Waals surface area contributed by atoms with Crippen LogP contribution in [0.15, 0.2) is 24.3 Å². The van der Waals surface area contributed by atoms with Gasteiger partial charge in [0.05, 0.1) is 29.7 Å². The Morgan fingerprint density at radius 2 is 2.07 bits per heavy atom. The predicted molar refractivity (Wildman–Crippen MR) is 102 cm³/mol. The zero-order valence-electron chi connectivity index (χ0n) is 14.8. The van der Waals surface area contributed by atoms with Gasteiger partial charge >= 0.3 is 0 Å². The lowest BCUT2D eigenvalue weighted by Crippen LogP contribution is -2.17. The first kappa shape index (κ1) is 18.3. The molecule has 4 rings (SSSR count). The molecule has 1 aromatic carbocycles. The van der Waals surface area contributed by atoms with Crippen LogP contribution in [0.4, 0.5) is 5.69 Å². The maximum Gasteiger partial charge on any atom is 0.276 e. The average Bonchev–Trinajstić information content (AvgIpc) is 3.26. The molecule has 2 aromatic rings.